The number of hydrogen-bond donors (Lipinski definition) is 1. The van der Waals surface area contributed by atoms with Crippen LogP contribution in [0.4, 0.5) is 8.78 Å². The van der Waals surface area contributed by atoms with Crippen molar-refractivity contribution in [3.05, 3.63) is 48.0 Å². The van der Waals surface area contributed by atoms with E-state index in [0.717, 1.165) is 12.1 Å². The van der Waals surface area contributed by atoms with Gasteiger partial charge in [0.05, 0.1) is 20.8 Å². The summed E-state index contributed by atoms with van der Waals surface area (Å²) >= 11 is 0. The summed E-state index contributed by atoms with van der Waals surface area (Å²) in [6.07, 6.45) is 0. The number of ether oxygens (including phenoxy) is 3. The molecule has 0 saturated carbocycles. The summed E-state index contributed by atoms with van der Waals surface area (Å²) in [6.45, 7) is -0.384. The third-order valence-electron chi connectivity index (χ3n) is 3.33. The van der Waals surface area contributed by atoms with Crippen molar-refractivity contribution >= 4 is 10.0 Å². The summed E-state index contributed by atoms with van der Waals surface area (Å²) in [4.78, 5) is -0.0872. The summed E-state index contributed by atoms with van der Waals surface area (Å²) in [5.74, 6) is 3.89. The second-order valence-corrected chi connectivity index (χ2v) is 6.79. The smallest absolute Gasteiger partial charge is 0.245 e. The average molecular weight is 397 g/mol. The van der Waals surface area contributed by atoms with Gasteiger partial charge in [-0.2, -0.15) is 4.72 Å². The van der Waals surface area contributed by atoms with Crippen LogP contribution in [0.25, 0.3) is 0 Å². The Morgan fingerprint density at radius 1 is 1.00 bits per heavy atom. The topological polar surface area (TPSA) is 73.9 Å². The van der Waals surface area contributed by atoms with Gasteiger partial charge in [-0.25, -0.2) is 17.2 Å². The molecule has 0 saturated heterocycles. The predicted octanol–water partition coefficient (Wildman–Crippen LogP) is 2.34. The fraction of sp³-hybridized carbons (Fsp3) is 0.222. The monoisotopic (exact) mass is 397 g/mol. The highest BCUT2D eigenvalue weighted by atomic mass is 32.2. The molecule has 0 radical (unpaired) electrons. The quantitative estimate of drug-likeness (QED) is 0.726. The van der Waals surface area contributed by atoms with Gasteiger partial charge in [0, 0.05) is 12.1 Å². The maximum absolute atomic E-state index is 13.4. The molecule has 27 heavy (non-hydrogen) atoms. The van der Waals surface area contributed by atoms with Crippen LogP contribution in [0.2, 0.25) is 0 Å². The molecule has 0 aliphatic heterocycles. The van der Waals surface area contributed by atoms with Gasteiger partial charge < -0.3 is 14.2 Å². The first-order chi connectivity index (χ1) is 12.9. The zero-order valence-corrected chi connectivity index (χ0v) is 15.4. The lowest BCUT2D eigenvalue weighted by atomic mass is 10.3. The molecule has 0 aliphatic rings. The summed E-state index contributed by atoms with van der Waals surface area (Å²) in [7, 11) is -1.11. The number of methoxy groups -OCH3 is 2. The lowest BCUT2D eigenvalue weighted by Crippen LogP contribution is -2.24. The minimum Gasteiger partial charge on any atom is -0.497 e. The summed E-state index contributed by atoms with van der Waals surface area (Å²) in [5, 5.41) is 0. The van der Waals surface area contributed by atoms with Crippen LogP contribution in [-0.2, 0) is 10.0 Å². The van der Waals surface area contributed by atoms with Gasteiger partial charge in [-0.3, -0.25) is 0 Å². The molecule has 0 heterocycles. The van der Waals surface area contributed by atoms with E-state index < -0.39 is 21.7 Å². The van der Waals surface area contributed by atoms with E-state index in [0.29, 0.717) is 11.8 Å². The van der Waals surface area contributed by atoms with E-state index in [4.69, 9.17) is 14.2 Å². The Kier molecular flexibility index (Phi) is 6.98. The number of halogens is 2. The molecule has 1 N–H and O–H groups in total. The normalized spacial score (nSPS) is 10.7. The van der Waals surface area contributed by atoms with E-state index in [-0.39, 0.29) is 29.5 Å². The van der Waals surface area contributed by atoms with Crippen molar-refractivity contribution in [1.29, 1.82) is 0 Å². The van der Waals surface area contributed by atoms with Crippen LogP contribution in [0.15, 0.2) is 41.3 Å². The van der Waals surface area contributed by atoms with Crippen molar-refractivity contribution in [3.8, 4) is 29.1 Å². The zero-order valence-electron chi connectivity index (χ0n) is 14.6. The molecular formula is C18H17F2NO5S. The van der Waals surface area contributed by atoms with Crippen LogP contribution in [0.3, 0.4) is 0 Å². The molecule has 9 heteroatoms. The van der Waals surface area contributed by atoms with Gasteiger partial charge in [-0.15, -0.1) is 0 Å². The molecule has 0 unspecified atom stereocenters. The fourth-order valence-electron chi connectivity index (χ4n) is 2.02. The molecule has 0 atom stereocenters. The van der Waals surface area contributed by atoms with E-state index in [2.05, 4.69) is 16.6 Å². The van der Waals surface area contributed by atoms with E-state index in [1.807, 2.05) is 0 Å². The molecule has 144 valence electrons. The zero-order chi connectivity index (χ0) is 19.9. The Bertz CT molecular complexity index is 967. The van der Waals surface area contributed by atoms with E-state index in [9.17, 15) is 17.2 Å². The lowest BCUT2D eigenvalue weighted by Gasteiger charge is -2.10. The Hall–Kier alpha value is -2.83. The van der Waals surface area contributed by atoms with Crippen molar-refractivity contribution in [2.75, 3.05) is 27.4 Å². The van der Waals surface area contributed by atoms with Crippen LogP contribution in [0.5, 0.6) is 17.2 Å². The largest absolute Gasteiger partial charge is 0.497 e. The highest BCUT2D eigenvalue weighted by Gasteiger charge is 2.19. The number of nitrogens with one attached hydrogen (secondary N) is 1. The van der Waals surface area contributed by atoms with Gasteiger partial charge in [-0.1, -0.05) is 11.8 Å². The van der Waals surface area contributed by atoms with Crippen molar-refractivity contribution in [1.82, 2.24) is 4.72 Å². The SMILES string of the molecule is COc1ccc(OC)c(S(=O)(=O)NCC#CCOc2ccc(F)cc2F)c1. The fourth-order valence-corrected chi connectivity index (χ4v) is 3.13. The molecule has 6 nitrogen and oxygen atoms in total. The molecule has 0 fully saturated rings. The third-order valence-corrected chi connectivity index (χ3v) is 4.75. The molecule has 0 aliphatic carbocycles. The van der Waals surface area contributed by atoms with Gasteiger partial charge in [0.1, 0.15) is 28.8 Å². The summed E-state index contributed by atoms with van der Waals surface area (Å²) in [5.41, 5.74) is 0. The molecule has 0 bridgehead atoms. The predicted molar refractivity (Wildman–Crippen MR) is 94.4 cm³/mol. The number of benzene rings is 2. The number of rotatable bonds is 7. The van der Waals surface area contributed by atoms with Crippen LogP contribution in [0, 0.1) is 23.5 Å². The first-order valence-corrected chi connectivity index (χ1v) is 9.11. The van der Waals surface area contributed by atoms with E-state index in [1.165, 1.54) is 26.4 Å². The number of hydrogen-bond acceptors (Lipinski definition) is 5. The average Bonchev–Trinajstić information content (AvgIpc) is 2.65. The maximum atomic E-state index is 13.4. The summed E-state index contributed by atoms with van der Waals surface area (Å²) < 4.78 is 68.3. The first-order valence-electron chi connectivity index (χ1n) is 7.62. The standard InChI is InChI=1S/C18H17F2NO5S/c1-24-14-6-8-17(25-2)18(12-14)27(22,23)21-9-3-4-10-26-16-7-5-13(19)11-15(16)20/h5-8,11-12,21H,9-10H2,1-2H3. The van der Waals surface area contributed by atoms with Crippen LogP contribution in [-0.4, -0.2) is 35.8 Å². The second-order valence-electron chi connectivity index (χ2n) is 5.06. The van der Waals surface area contributed by atoms with Gasteiger partial charge in [0.2, 0.25) is 10.0 Å². The molecule has 0 amide bonds. The maximum Gasteiger partial charge on any atom is 0.245 e. The first kappa shape index (κ1) is 20.5. The second kappa shape index (κ2) is 9.21. The molecular weight excluding hydrogens is 380 g/mol. The van der Waals surface area contributed by atoms with Crippen molar-refractivity contribution in [3.63, 3.8) is 0 Å². The Labute approximate surface area is 156 Å². The number of sulfonamides is 1. The molecule has 2 rings (SSSR count). The highest BCUT2D eigenvalue weighted by Crippen LogP contribution is 2.27. The molecule has 2 aromatic rings. The summed E-state index contributed by atoms with van der Waals surface area (Å²) in [6, 6.07) is 7.27. The molecule has 2 aromatic carbocycles. The van der Waals surface area contributed by atoms with E-state index >= 15 is 0 Å². The van der Waals surface area contributed by atoms with Crippen molar-refractivity contribution in [2.45, 2.75) is 4.90 Å². The lowest BCUT2D eigenvalue weighted by molar-refractivity contribution is 0.346. The van der Waals surface area contributed by atoms with Gasteiger partial charge in [0.15, 0.2) is 11.6 Å². The third kappa shape index (κ3) is 5.57. The van der Waals surface area contributed by atoms with Gasteiger partial charge in [-0.05, 0) is 24.3 Å². The van der Waals surface area contributed by atoms with Gasteiger partial charge in [0.25, 0.3) is 0 Å². The van der Waals surface area contributed by atoms with Crippen molar-refractivity contribution in [2.24, 2.45) is 0 Å². The van der Waals surface area contributed by atoms with E-state index in [1.54, 1.807) is 6.07 Å². The molecule has 0 aromatic heterocycles. The van der Waals surface area contributed by atoms with Gasteiger partial charge >= 0.3 is 0 Å². The Balaban J connectivity index is 1.96. The Morgan fingerprint density at radius 2 is 1.74 bits per heavy atom. The van der Waals surface area contributed by atoms with Crippen LogP contribution in [0.1, 0.15) is 0 Å². The molecule has 0 spiro atoms. The minimum absolute atomic E-state index is 0.0872. The highest BCUT2D eigenvalue weighted by molar-refractivity contribution is 7.89. The van der Waals surface area contributed by atoms with Crippen LogP contribution < -0.4 is 18.9 Å². The minimum atomic E-state index is -3.89. The van der Waals surface area contributed by atoms with Crippen LogP contribution >= 0.6 is 0 Å². The van der Waals surface area contributed by atoms with Crippen molar-refractivity contribution < 1.29 is 31.4 Å². The Morgan fingerprint density at radius 3 is 2.41 bits per heavy atom.